The molecule has 0 bridgehead atoms. The van der Waals surface area contributed by atoms with Gasteiger partial charge in [-0.25, -0.2) is 0 Å². The molecule has 0 saturated heterocycles. The van der Waals surface area contributed by atoms with E-state index < -0.39 is 0 Å². The minimum Gasteiger partial charge on any atom is -0.508 e. The van der Waals surface area contributed by atoms with Gasteiger partial charge >= 0.3 is 0 Å². The Balaban J connectivity index is 1.65. The summed E-state index contributed by atoms with van der Waals surface area (Å²) in [6.45, 7) is 9.71. The number of fused-ring (bicyclic) bond motifs is 5. The second-order valence-corrected chi connectivity index (χ2v) is 9.81. The molecule has 1 aromatic rings. The van der Waals surface area contributed by atoms with E-state index in [1.165, 1.54) is 37.7 Å². The minimum absolute atomic E-state index is 0.363. The zero-order valence-corrected chi connectivity index (χ0v) is 16.4. The molecule has 0 amide bonds. The number of phenols is 1. The van der Waals surface area contributed by atoms with Crippen molar-refractivity contribution in [1.29, 1.82) is 0 Å². The van der Waals surface area contributed by atoms with E-state index in [2.05, 4.69) is 45.9 Å². The predicted molar refractivity (Wildman–Crippen MR) is 105 cm³/mol. The number of aromatic hydroxyl groups is 1. The van der Waals surface area contributed by atoms with Gasteiger partial charge < -0.3 is 5.11 Å². The third kappa shape index (κ3) is 2.57. The Morgan fingerprint density at radius 1 is 1.12 bits per heavy atom. The van der Waals surface area contributed by atoms with Crippen molar-refractivity contribution in [2.75, 3.05) is 0 Å². The van der Waals surface area contributed by atoms with Gasteiger partial charge in [-0.1, -0.05) is 45.9 Å². The Hall–Kier alpha value is -1.24. The minimum atomic E-state index is 0.363. The zero-order chi connectivity index (χ0) is 17.8. The summed E-state index contributed by atoms with van der Waals surface area (Å²) in [6, 6.07) is 6.14. The van der Waals surface area contributed by atoms with Crippen LogP contribution in [0.3, 0.4) is 0 Å². The maximum atomic E-state index is 9.84. The Morgan fingerprint density at radius 2 is 1.92 bits per heavy atom. The van der Waals surface area contributed by atoms with E-state index >= 15 is 0 Å². The van der Waals surface area contributed by atoms with Gasteiger partial charge in [0.2, 0.25) is 0 Å². The Labute approximate surface area is 153 Å². The summed E-state index contributed by atoms with van der Waals surface area (Å²) in [6.07, 6.45) is 12.9. The monoisotopic (exact) mass is 338 g/mol. The largest absolute Gasteiger partial charge is 0.508 e. The second kappa shape index (κ2) is 5.89. The van der Waals surface area contributed by atoms with Crippen LogP contribution in [0.1, 0.15) is 76.8 Å². The third-order valence-electron chi connectivity index (χ3n) is 8.23. The number of aryl methyl sites for hydroxylation is 1. The number of allylic oxidation sites excluding steroid dienone is 2. The van der Waals surface area contributed by atoms with Gasteiger partial charge in [-0.3, -0.25) is 0 Å². The lowest BCUT2D eigenvalue weighted by Gasteiger charge is -2.53. The molecule has 0 aromatic heterocycles. The summed E-state index contributed by atoms with van der Waals surface area (Å²) in [5.41, 5.74) is 3.77. The normalized spacial score (nSPS) is 40.1. The van der Waals surface area contributed by atoms with Crippen LogP contribution in [0.5, 0.6) is 5.75 Å². The van der Waals surface area contributed by atoms with E-state index in [9.17, 15) is 5.11 Å². The topological polar surface area (TPSA) is 20.2 Å². The molecule has 5 atom stereocenters. The molecule has 0 heterocycles. The van der Waals surface area contributed by atoms with Crippen LogP contribution in [-0.2, 0) is 6.42 Å². The van der Waals surface area contributed by atoms with Crippen LogP contribution in [0.4, 0.5) is 0 Å². The molecular weight excluding hydrogens is 304 g/mol. The quantitative estimate of drug-likeness (QED) is 0.613. The second-order valence-electron chi connectivity index (χ2n) is 9.81. The van der Waals surface area contributed by atoms with Crippen LogP contribution in [0.2, 0.25) is 0 Å². The van der Waals surface area contributed by atoms with E-state index in [0.29, 0.717) is 22.5 Å². The standard InChI is InChI=1S/C24H34O/c1-16(2)9-12-23(3)13-11-22-21-7-5-17-15-18(25)6-8-19(17)20(21)10-14-24(22,23)4/h6,8-9,12,15-16,20-22,25H,5,7,10-11,13-14H2,1-4H3/b12-9+/t20-,21-,22+,23+,24+/m1/s1. The summed E-state index contributed by atoms with van der Waals surface area (Å²) < 4.78 is 0. The predicted octanol–water partition coefficient (Wildman–Crippen LogP) is 6.47. The van der Waals surface area contributed by atoms with Gasteiger partial charge in [0.1, 0.15) is 5.75 Å². The molecule has 0 aliphatic heterocycles. The van der Waals surface area contributed by atoms with Crippen LogP contribution >= 0.6 is 0 Å². The SMILES string of the molecule is CC(C)/C=C/[C@@]1(C)CC[C@H]2[C@@H]3CCc4cc(O)ccc4[C@H]3CC[C@@]21C. The van der Waals surface area contributed by atoms with Crippen LogP contribution in [0.25, 0.3) is 0 Å². The summed E-state index contributed by atoms with van der Waals surface area (Å²) in [7, 11) is 0. The number of rotatable bonds is 2. The van der Waals surface area contributed by atoms with Gasteiger partial charge in [-0.2, -0.15) is 0 Å². The van der Waals surface area contributed by atoms with Crippen molar-refractivity contribution in [2.24, 2.45) is 28.6 Å². The first-order chi connectivity index (χ1) is 11.8. The highest BCUT2D eigenvalue weighted by atomic mass is 16.3. The van der Waals surface area contributed by atoms with E-state index in [1.54, 1.807) is 5.56 Å². The lowest BCUT2D eigenvalue weighted by molar-refractivity contribution is 0.00460. The third-order valence-corrected chi connectivity index (χ3v) is 8.23. The highest BCUT2D eigenvalue weighted by molar-refractivity contribution is 5.40. The van der Waals surface area contributed by atoms with E-state index in [4.69, 9.17) is 0 Å². The molecular formula is C24H34O. The molecule has 0 radical (unpaired) electrons. The van der Waals surface area contributed by atoms with Crippen molar-refractivity contribution < 1.29 is 5.11 Å². The number of hydrogen-bond donors (Lipinski definition) is 1. The van der Waals surface area contributed by atoms with Crippen molar-refractivity contribution in [2.45, 2.75) is 72.1 Å². The molecule has 3 aliphatic rings. The van der Waals surface area contributed by atoms with Crippen molar-refractivity contribution in [3.05, 3.63) is 41.5 Å². The Bertz CT molecular complexity index is 687. The molecule has 1 heteroatoms. The van der Waals surface area contributed by atoms with Crippen molar-refractivity contribution in [1.82, 2.24) is 0 Å². The van der Waals surface area contributed by atoms with Crippen LogP contribution in [0.15, 0.2) is 30.4 Å². The molecule has 2 fully saturated rings. The van der Waals surface area contributed by atoms with Gasteiger partial charge in [0.05, 0.1) is 0 Å². The molecule has 0 unspecified atom stereocenters. The molecule has 25 heavy (non-hydrogen) atoms. The molecule has 2 saturated carbocycles. The first-order valence-corrected chi connectivity index (χ1v) is 10.4. The van der Waals surface area contributed by atoms with E-state index in [1.807, 2.05) is 12.1 Å². The van der Waals surface area contributed by atoms with Gasteiger partial charge in [-0.05, 0) is 96.3 Å². The molecule has 0 spiro atoms. The average molecular weight is 339 g/mol. The first kappa shape index (κ1) is 17.2. The molecule has 4 rings (SSSR count). The summed E-state index contributed by atoms with van der Waals surface area (Å²) >= 11 is 0. The van der Waals surface area contributed by atoms with Crippen LogP contribution < -0.4 is 0 Å². The smallest absolute Gasteiger partial charge is 0.115 e. The molecule has 136 valence electrons. The summed E-state index contributed by atoms with van der Waals surface area (Å²) in [5.74, 6) is 3.49. The van der Waals surface area contributed by atoms with E-state index in [0.717, 1.165) is 24.2 Å². The first-order valence-electron chi connectivity index (χ1n) is 10.4. The van der Waals surface area contributed by atoms with E-state index in [-0.39, 0.29) is 0 Å². The maximum Gasteiger partial charge on any atom is 0.115 e. The zero-order valence-electron chi connectivity index (χ0n) is 16.4. The Kier molecular flexibility index (Phi) is 4.05. The van der Waals surface area contributed by atoms with Gasteiger partial charge in [0.25, 0.3) is 0 Å². The van der Waals surface area contributed by atoms with Crippen molar-refractivity contribution in [3.63, 3.8) is 0 Å². The fraction of sp³-hybridized carbons (Fsp3) is 0.667. The number of phenolic OH excluding ortho intramolecular Hbond substituents is 1. The molecule has 1 N–H and O–H groups in total. The molecule has 3 aliphatic carbocycles. The fourth-order valence-corrected chi connectivity index (χ4v) is 6.55. The Morgan fingerprint density at radius 3 is 2.68 bits per heavy atom. The average Bonchev–Trinajstić information content (AvgIpc) is 2.84. The maximum absolute atomic E-state index is 9.84. The lowest BCUT2D eigenvalue weighted by Crippen LogP contribution is -2.45. The summed E-state index contributed by atoms with van der Waals surface area (Å²) in [4.78, 5) is 0. The molecule has 1 nitrogen and oxygen atoms in total. The fourth-order valence-electron chi connectivity index (χ4n) is 6.55. The van der Waals surface area contributed by atoms with Gasteiger partial charge in [0, 0.05) is 0 Å². The van der Waals surface area contributed by atoms with Crippen LogP contribution in [0, 0.1) is 28.6 Å². The van der Waals surface area contributed by atoms with Crippen LogP contribution in [-0.4, -0.2) is 5.11 Å². The number of benzene rings is 1. The van der Waals surface area contributed by atoms with Crippen molar-refractivity contribution in [3.8, 4) is 5.75 Å². The highest BCUT2D eigenvalue weighted by Crippen LogP contribution is 2.67. The lowest BCUT2D eigenvalue weighted by atomic mass is 9.51. The summed E-state index contributed by atoms with van der Waals surface area (Å²) in [5, 5.41) is 9.84. The highest BCUT2D eigenvalue weighted by Gasteiger charge is 2.58. The van der Waals surface area contributed by atoms with Gasteiger partial charge in [-0.15, -0.1) is 0 Å². The molecule has 1 aromatic carbocycles. The van der Waals surface area contributed by atoms with Gasteiger partial charge in [0.15, 0.2) is 0 Å². The number of hydrogen-bond acceptors (Lipinski definition) is 1. The van der Waals surface area contributed by atoms with Crippen molar-refractivity contribution >= 4 is 0 Å².